The summed E-state index contributed by atoms with van der Waals surface area (Å²) in [6.07, 6.45) is -2.18. The Morgan fingerprint density at radius 3 is 2.54 bits per heavy atom. The number of alkyl halides is 3. The van der Waals surface area contributed by atoms with E-state index in [2.05, 4.69) is 5.32 Å². The number of ether oxygens (including phenoxy) is 1. The van der Waals surface area contributed by atoms with Gasteiger partial charge >= 0.3 is 12.1 Å². The zero-order valence-corrected chi connectivity index (χ0v) is 14.1. The van der Waals surface area contributed by atoms with Gasteiger partial charge in [-0.2, -0.15) is 13.2 Å². The minimum absolute atomic E-state index is 0.00273. The number of likely N-dealkylation sites (tertiary alicyclic amines) is 1. The number of hydrogen-bond acceptors (Lipinski definition) is 4. The molecule has 1 aromatic rings. The molecule has 0 aliphatic carbocycles. The van der Waals surface area contributed by atoms with E-state index < -0.39 is 23.8 Å². The molecule has 1 saturated heterocycles. The normalized spacial score (nSPS) is 18.3. The summed E-state index contributed by atoms with van der Waals surface area (Å²) >= 11 is 0. The molecule has 0 saturated carbocycles. The third kappa shape index (κ3) is 5.91. The maximum absolute atomic E-state index is 12.5. The molecule has 6 nitrogen and oxygen atoms in total. The van der Waals surface area contributed by atoms with Crippen molar-refractivity contribution in [2.75, 3.05) is 26.2 Å². The van der Waals surface area contributed by atoms with Crippen LogP contribution in [0.15, 0.2) is 24.3 Å². The Morgan fingerprint density at radius 2 is 1.92 bits per heavy atom. The molecule has 1 heterocycles. The van der Waals surface area contributed by atoms with Crippen LogP contribution in [0.25, 0.3) is 0 Å². The predicted molar refractivity (Wildman–Crippen MR) is 86.8 cm³/mol. The number of hydrogen-bond donors (Lipinski definition) is 2. The molecule has 2 N–H and O–H groups in total. The second kappa shape index (κ2) is 8.88. The van der Waals surface area contributed by atoms with E-state index in [1.54, 1.807) is 4.90 Å². The molecule has 144 valence electrons. The van der Waals surface area contributed by atoms with Gasteiger partial charge in [0, 0.05) is 0 Å². The van der Waals surface area contributed by atoms with E-state index in [1.807, 2.05) is 0 Å². The highest BCUT2D eigenvalue weighted by molar-refractivity contribution is 5.80. The Kier molecular flexibility index (Phi) is 6.84. The summed E-state index contributed by atoms with van der Waals surface area (Å²) in [6, 6.07) is 3.65. The van der Waals surface area contributed by atoms with Crippen LogP contribution in [0.1, 0.15) is 24.8 Å². The monoisotopic (exact) mass is 374 g/mol. The number of carboxylic acid groups (broad SMARTS) is 1. The highest BCUT2D eigenvalue weighted by Gasteiger charge is 2.30. The smallest absolute Gasteiger partial charge is 0.416 e. The fraction of sp³-hybridized carbons (Fsp3) is 0.529. The minimum Gasteiger partial charge on any atom is -0.492 e. The van der Waals surface area contributed by atoms with E-state index in [4.69, 9.17) is 9.84 Å². The van der Waals surface area contributed by atoms with Gasteiger partial charge in [-0.15, -0.1) is 0 Å². The van der Waals surface area contributed by atoms with Gasteiger partial charge in [0.2, 0.25) is 5.91 Å². The summed E-state index contributed by atoms with van der Waals surface area (Å²) in [6.45, 7) is 0.828. The summed E-state index contributed by atoms with van der Waals surface area (Å²) in [7, 11) is 0. The summed E-state index contributed by atoms with van der Waals surface area (Å²) in [4.78, 5) is 24.7. The van der Waals surface area contributed by atoms with Crippen LogP contribution in [0, 0.1) is 0 Å². The van der Waals surface area contributed by atoms with Crippen molar-refractivity contribution in [3.8, 4) is 5.75 Å². The van der Waals surface area contributed by atoms with Gasteiger partial charge in [0.15, 0.2) is 0 Å². The van der Waals surface area contributed by atoms with Crippen molar-refractivity contribution in [1.82, 2.24) is 10.2 Å². The second-order valence-corrected chi connectivity index (χ2v) is 6.04. The number of carboxylic acids is 1. The van der Waals surface area contributed by atoms with Crippen LogP contribution >= 0.6 is 0 Å². The van der Waals surface area contributed by atoms with Crippen molar-refractivity contribution in [1.29, 1.82) is 0 Å². The largest absolute Gasteiger partial charge is 0.492 e. The van der Waals surface area contributed by atoms with Crippen LogP contribution in [-0.4, -0.2) is 54.2 Å². The Hall–Kier alpha value is -2.29. The second-order valence-electron chi connectivity index (χ2n) is 6.04. The van der Waals surface area contributed by atoms with E-state index in [1.165, 1.54) is 12.1 Å². The number of benzene rings is 1. The Morgan fingerprint density at radius 1 is 1.23 bits per heavy atom. The average molecular weight is 374 g/mol. The van der Waals surface area contributed by atoms with Crippen molar-refractivity contribution < 1.29 is 32.6 Å². The van der Waals surface area contributed by atoms with Gasteiger partial charge in [0.1, 0.15) is 18.4 Å². The highest BCUT2D eigenvalue weighted by Crippen LogP contribution is 2.30. The molecule has 0 bridgehead atoms. The van der Waals surface area contributed by atoms with Crippen LogP contribution in [0.5, 0.6) is 5.75 Å². The highest BCUT2D eigenvalue weighted by atomic mass is 19.4. The van der Waals surface area contributed by atoms with Crippen molar-refractivity contribution in [3.05, 3.63) is 29.8 Å². The first-order valence-electron chi connectivity index (χ1n) is 8.31. The summed E-state index contributed by atoms with van der Waals surface area (Å²) < 4.78 is 42.7. The van der Waals surface area contributed by atoms with Crippen LogP contribution in [-0.2, 0) is 15.8 Å². The predicted octanol–water partition coefficient (Wildman–Crippen LogP) is 2.14. The molecule has 0 radical (unpaired) electrons. The number of nitrogens with one attached hydrogen (secondary N) is 1. The van der Waals surface area contributed by atoms with Gasteiger partial charge in [-0.25, -0.2) is 0 Å². The van der Waals surface area contributed by atoms with Crippen LogP contribution < -0.4 is 10.1 Å². The quantitative estimate of drug-likeness (QED) is 0.715. The van der Waals surface area contributed by atoms with E-state index in [0.29, 0.717) is 13.0 Å². The first-order valence-corrected chi connectivity index (χ1v) is 8.31. The molecule has 1 aromatic carbocycles. The van der Waals surface area contributed by atoms with Gasteiger partial charge in [0.25, 0.3) is 0 Å². The molecule has 1 fully saturated rings. The van der Waals surface area contributed by atoms with Gasteiger partial charge in [0.05, 0.1) is 18.7 Å². The number of carbonyl (C=O) groups excluding carboxylic acids is 1. The van der Waals surface area contributed by atoms with Crippen LogP contribution in [0.2, 0.25) is 0 Å². The summed E-state index contributed by atoms with van der Waals surface area (Å²) in [5, 5.41) is 11.8. The molecule has 2 rings (SSSR count). The lowest BCUT2D eigenvalue weighted by Gasteiger charge is -2.32. The fourth-order valence-electron chi connectivity index (χ4n) is 2.80. The number of piperidine rings is 1. The molecular weight excluding hydrogens is 353 g/mol. The summed E-state index contributed by atoms with van der Waals surface area (Å²) in [5.41, 5.74) is -0.757. The molecule has 0 aromatic heterocycles. The first-order chi connectivity index (χ1) is 12.3. The zero-order chi connectivity index (χ0) is 19.2. The third-order valence-corrected chi connectivity index (χ3v) is 4.12. The van der Waals surface area contributed by atoms with E-state index in [0.717, 1.165) is 25.0 Å². The number of carbonyl (C=O) groups is 2. The van der Waals surface area contributed by atoms with Gasteiger partial charge in [-0.3, -0.25) is 14.5 Å². The van der Waals surface area contributed by atoms with E-state index in [9.17, 15) is 22.8 Å². The maximum atomic E-state index is 12.5. The number of nitrogens with zero attached hydrogens (tertiary/aromatic N) is 1. The molecule has 9 heteroatoms. The fourth-order valence-corrected chi connectivity index (χ4v) is 2.80. The third-order valence-electron chi connectivity index (χ3n) is 4.12. The Balaban J connectivity index is 1.70. The molecule has 1 atom stereocenters. The SMILES string of the molecule is O=C(CN1CCCCC1C(=O)O)NCCOc1ccc(C(F)(F)F)cc1. The lowest BCUT2D eigenvalue weighted by atomic mass is 10.0. The Labute approximate surface area is 148 Å². The van der Waals surface area contributed by atoms with Gasteiger partial charge in [-0.05, 0) is 43.7 Å². The molecule has 1 unspecified atom stereocenters. The van der Waals surface area contributed by atoms with Crippen LogP contribution in [0.3, 0.4) is 0 Å². The molecule has 0 spiro atoms. The van der Waals surface area contributed by atoms with Crippen molar-refractivity contribution >= 4 is 11.9 Å². The van der Waals surface area contributed by atoms with Crippen LogP contribution in [0.4, 0.5) is 13.2 Å². The summed E-state index contributed by atoms with van der Waals surface area (Å²) in [5.74, 6) is -0.966. The van der Waals surface area contributed by atoms with E-state index in [-0.39, 0.29) is 31.4 Å². The van der Waals surface area contributed by atoms with Crippen molar-refractivity contribution in [2.45, 2.75) is 31.5 Å². The molecule has 1 aliphatic heterocycles. The standard InChI is InChI=1S/C17H21F3N2O4/c18-17(19,20)12-4-6-13(7-5-12)26-10-8-21-15(23)11-22-9-2-1-3-14(22)16(24)25/h4-7,14H,1-3,8-11H2,(H,21,23)(H,24,25). The number of amides is 1. The zero-order valence-electron chi connectivity index (χ0n) is 14.1. The van der Waals surface area contributed by atoms with Crippen molar-refractivity contribution in [3.63, 3.8) is 0 Å². The van der Waals surface area contributed by atoms with E-state index >= 15 is 0 Å². The molecule has 1 aliphatic rings. The first kappa shape index (κ1) is 20.0. The van der Waals surface area contributed by atoms with Gasteiger partial charge < -0.3 is 15.2 Å². The number of rotatable bonds is 7. The minimum atomic E-state index is -4.39. The number of halogens is 3. The maximum Gasteiger partial charge on any atom is 0.416 e. The topological polar surface area (TPSA) is 78.9 Å². The Bertz CT molecular complexity index is 619. The van der Waals surface area contributed by atoms with Gasteiger partial charge in [-0.1, -0.05) is 6.42 Å². The van der Waals surface area contributed by atoms with Crippen molar-refractivity contribution in [2.24, 2.45) is 0 Å². The molecule has 1 amide bonds. The molecule has 26 heavy (non-hydrogen) atoms. The number of aliphatic carboxylic acids is 1. The average Bonchev–Trinajstić information content (AvgIpc) is 2.58. The molecular formula is C17H21F3N2O4. The lowest BCUT2D eigenvalue weighted by molar-refractivity contribution is -0.145. The lowest BCUT2D eigenvalue weighted by Crippen LogP contribution is -2.49.